The van der Waals surface area contributed by atoms with E-state index in [4.69, 9.17) is 19.3 Å². The van der Waals surface area contributed by atoms with E-state index in [0.29, 0.717) is 19.8 Å². The molecular formula is C39H58N2O6. The molecular weight excluding hydrogens is 592 g/mol. The molecule has 8 nitrogen and oxygen atoms in total. The number of allylic oxidation sites excluding steroid dienone is 2. The lowest BCUT2D eigenvalue weighted by atomic mass is 9.92. The van der Waals surface area contributed by atoms with Crippen LogP contribution in [0.1, 0.15) is 96.9 Å². The molecule has 0 radical (unpaired) electrons. The topological polar surface area (TPSA) is 106 Å². The maximum absolute atomic E-state index is 11.9. The SMILES string of the molecule is C.C=C(C)c1cccc(C(C)(C)N=C=O)c1.C=COCCCCO.C=COCCCCOC(=O)NC(C)(C)c1cccc(C(=C)C)c1. The molecule has 1 amide bonds. The molecule has 0 bridgehead atoms. The van der Waals surface area contributed by atoms with Gasteiger partial charge in [0.2, 0.25) is 6.08 Å². The van der Waals surface area contributed by atoms with E-state index in [1.807, 2.05) is 90.1 Å². The normalized spacial score (nSPS) is 10.1. The molecule has 0 aliphatic carbocycles. The van der Waals surface area contributed by atoms with E-state index in [1.54, 1.807) is 6.08 Å². The molecule has 0 saturated heterocycles. The molecule has 0 unspecified atom stereocenters. The third-order valence-electron chi connectivity index (χ3n) is 6.67. The van der Waals surface area contributed by atoms with Crippen LogP contribution in [0.3, 0.4) is 0 Å². The molecule has 2 rings (SSSR count). The fourth-order valence-electron chi connectivity index (χ4n) is 3.80. The summed E-state index contributed by atoms with van der Waals surface area (Å²) < 4.78 is 15.0. The largest absolute Gasteiger partial charge is 0.502 e. The zero-order valence-corrected chi connectivity index (χ0v) is 28.7. The molecule has 0 aliphatic heterocycles. The van der Waals surface area contributed by atoms with Crippen LogP contribution in [0, 0.1) is 0 Å². The number of amides is 1. The summed E-state index contributed by atoms with van der Waals surface area (Å²) in [5.41, 5.74) is 5.09. The van der Waals surface area contributed by atoms with E-state index < -0.39 is 17.2 Å². The number of unbranched alkanes of at least 4 members (excludes halogenated alkanes) is 2. The van der Waals surface area contributed by atoms with Crippen molar-refractivity contribution in [1.29, 1.82) is 0 Å². The summed E-state index contributed by atoms with van der Waals surface area (Å²) in [6.45, 7) is 28.1. The minimum atomic E-state index is -0.521. The number of alkyl carbamates (subject to hydrolysis) is 1. The van der Waals surface area contributed by atoms with Crippen molar-refractivity contribution in [2.75, 3.05) is 26.4 Å². The predicted octanol–water partition coefficient (Wildman–Crippen LogP) is 9.47. The Morgan fingerprint density at radius 3 is 1.79 bits per heavy atom. The van der Waals surface area contributed by atoms with Crippen LogP contribution in [0.2, 0.25) is 0 Å². The van der Waals surface area contributed by atoms with E-state index in [-0.39, 0.29) is 14.0 Å². The van der Waals surface area contributed by atoms with Crippen molar-refractivity contribution in [3.05, 3.63) is 110 Å². The van der Waals surface area contributed by atoms with Crippen molar-refractivity contribution in [2.24, 2.45) is 4.99 Å². The Bertz CT molecular complexity index is 1290. The average Bonchev–Trinajstić information content (AvgIpc) is 3.01. The standard InChI is InChI=1S/C19H27NO3.C13H15NO.C6H12O2.CH4/c1-6-22-12-7-8-13-23-18(21)20-19(4,5)17-11-9-10-16(14-17)15(2)3;1-10(2)11-6-5-7-12(8-11)13(3,4)14-9-15;1-2-8-6-4-3-5-7;/h6,9-11,14H,1-2,7-8,12-13H2,3-5H3,(H,20,21);5-8H,1H2,2-4H3;2,7H,1,3-6H2;1H4. The molecule has 2 aromatic carbocycles. The zero-order valence-electron chi connectivity index (χ0n) is 28.7. The van der Waals surface area contributed by atoms with Crippen LogP contribution in [0.5, 0.6) is 0 Å². The number of benzene rings is 2. The predicted molar refractivity (Wildman–Crippen MR) is 196 cm³/mol. The van der Waals surface area contributed by atoms with Crippen LogP contribution in [0.25, 0.3) is 11.1 Å². The minimum Gasteiger partial charge on any atom is -0.502 e. The number of hydrogen-bond acceptors (Lipinski definition) is 7. The summed E-state index contributed by atoms with van der Waals surface area (Å²) in [6.07, 6.45) is 7.32. The fraction of sp³-hybridized carbons (Fsp3) is 0.436. The van der Waals surface area contributed by atoms with Gasteiger partial charge < -0.3 is 24.6 Å². The lowest BCUT2D eigenvalue weighted by molar-refractivity contribution is 0.130. The number of carbonyl (C=O) groups is 1. The molecule has 8 heteroatoms. The number of rotatable bonds is 17. The third-order valence-corrected chi connectivity index (χ3v) is 6.67. The lowest BCUT2D eigenvalue weighted by Gasteiger charge is -2.27. The summed E-state index contributed by atoms with van der Waals surface area (Å²) in [4.78, 5) is 26.0. The molecule has 2 N–H and O–H groups in total. The average molecular weight is 651 g/mol. The van der Waals surface area contributed by atoms with Crippen LogP contribution in [0.4, 0.5) is 4.79 Å². The van der Waals surface area contributed by atoms with Gasteiger partial charge in [0.25, 0.3) is 0 Å². The van der Waals surface area contributed by atoms with Crippen LogP contribution in [-0.4, -0.2) is 43.7 Å². The Kier molecular flexibility index (Phi) is 23.6. The maximum Gasteiger partial charge on any atom is 0.407 e. The molecule has 47 heavy (non-hydrogen) atoms. The summed E-state index contributed by atoms with van der Waals surface area (Å²) >= 11 is 0. The maximum atomic E-state index is 11.9. The van der Waals surface area contributed by atoms with Gasteiger partial charge in [-0.1, -0.05) is 81.3 Å². The van der Waals surface area contributed by atoms with Crippen LogP contribution < -0.4 is 5.32 Å². The number of aliphatic imine (C=N–C) groups is 1. The van der Waals surface area contributed by atoms with Gasteiger partial charge in [0.1, 0.15) is 0 Å². The van der Waals surface area contributed by atoms with E-state index in [2.05, 4.69) is 36.6 Å². The quantitative estimate of drug-likeness (QED) is 0.0765. The Morgan fingerprint density at radius 1 is 0.851 bits per heavy atom. The number of nitrogens with zero attached hydrogens (tertiary/aromatic N) is 1. The van der Waals surface area contributed by atoms with Crippen LogP contribution >= 0.6 is 0 Å². The summed E-state index contributed by atoms with van der Waals surface area (Å²) in [5, 5.41) is 11.2. The van der Waals surface area contributed by atoms with Gasteiger partial charge in [0.15, 0.2) is 0 Å². The molecule has 0 saturated carbocycles. The van der Waals surface area contributed by atoms with Crippen molar-refractivity contribution < 1.29 is 28.9 Å². The monoisotopic (exact) mass is 650 g/mol. The van der Waals surface area contributed by atoms with Gasteiger partial charge >= 0.3 is 6.09 Å². The fourth-order valence-corrected chi connectivity index (χ4v) is 3.80. The number of nitrogens with one attached hydrogen (secondary N) is 1. The third kappa shape index (κ3) is 19.7. The number of hydrogen-bond donors (Lipinski definition) is 2. The Hall–Kier alpha value is -4.39. The minimum absolute atomic E-state index is 0. The highest BCUT2D eigenvalue weighted by molar-refractivity contribution is 5.69. The first-order chi connectivity index (χ1) is 21.7. The first kappa shape index (κ1) is 44.7. The van der Waals surface area contributed by atoms with Crippen molar-refractivity contribution in [3.8, 4) is 0 Å². The first-order valence-electron chi connectivity index (χ1n) is 15.4. The Balaban J connectivity index is 0. The van der Waals surface area contributed by atoms with Gasteiger partial charge in [-0.15, -0.1) is 0 Å². The second kappa shape index (κ2) is 24.8. The van der Waals surface area contributed by atoms with Crippen molar-refractivity contribution >= 4 is 23.3 Å². The second-order valence-electron chi connectivity index (χ2n) is 11.6. The van der Waals surface area contributed by atoms with Crippen LogP contribution in [-0.2, 0) is 30.1 Å². The zero-order chi connectivity index (χ0) is 35.0. The molecule has 260 valence electrons. The number of ether oxygens (including phenoxy) is 3. The molecule has 0 fully saturated rings. The van der Waals surface area contributed by atoms with E-state index in [0.717, 1.165) is 59.1 Å². The molecule has 0 aromatic heterocycles. The summed E-state index contributed by atoms with van der Waals surface area (Å²) in [7, 11) is 0. The van der Waals surface area contributed by atoms with E-state index in [1.165, 1.54) is 12.5 Å². The highest BCUT2D eigenvalue weighted by atomic mass is 16.5. The smallest absolute Gasteiger partial charge is 0.407 e. The first-order valence-corrected chi connectivity index (χ1v) is 15.4. The van der Waals surface area contributed by atoms with Crippen molar-refractivity contribution in [3.63, 3.8) is 0 Å². The van der Waals surface area contributed by atoms with Gasteiger partial charge in [-0.05, 0) is 102 Å². The lowest BCUT2D eigenvalue weighted by Crippen LogP contribution is -2.41. The summed E-state index contributed by atoms with van der Waals surface area (Å²) in [5.74, 6) is 0. The molecule has 2 aromatic rings. The molecule has 0 heterocycles. The van der Waals surface area contributed by atoms with Gasteiger partial charge in [-0.25, -0.2) is 9.59 Å². The van der Waals surface area contributed by atoms with Crippen molar-refractivity contribution in [1.82, 2.24) is 5.32 Å². The number of aliphatic hydroxyl groups is 1. The molecule has 0 spiro atoms. The van der Waals surface area contributed by atoms with Gasteiger partial charge in [-0.3, -0.25) is 0 Å². The second-order valence-corrected chi connectivity index (χ2v) is 11.6. The summed E-state index contributed by atoms with van der Waals surface area (Å²) in [6, 6.07) is 15.9. The van der Waals surface area contributed by atoms with Crippen molar-refractivity contribution in [2.45, 2.75) is 85.7 Å². The Morgan fingerprint density at radius 2 is 1.32 bits per heavy atom. The molecule has 0 atom stereocenters. The van der Waals surface area contributed by atoms with Gasteiger partial charge in [0, 0.05) is 6.61 Å². The van der Waals surface area contributed by atoms with E-state index >= 15 is 0 Å². The van der Waals surface area contributed by atoms with Gasteiger partial charge in [0.05, 0.1) is 43.4 Å². The van der Waals surface area contributed by atoms with Gasteiger partial charge in [-0.2, -0.15) is 4.99 Å². The highest BCUT2D eigenvalue weighted by Gasteiger charge is 2.24. The van der Waals surface area contributed by atoms with Crippen LogP contribution in [0.15, 0.2) is 92.4 Å². The van der Waals surface area contributed by atoms with E-state index in [9.17, 15) is 9.59 Å². The highest BCUT2D eigenvalue weighted by Crippen LogP contribution is 2.26. The molecule has 0 aliphatic rings. The number of aliphatic hydroxyl groups excluding tert-OH is 1. The number of carbonyl (C=O) groups excluding carboxylic acids is 2. The number of isocyanates is 1. The Labute approximate surface area is 284 Å².